The van der Waals surface area contributed by atoms with Gasteiger partial charge in [0, 0.05) is 5.56 Å². The van der Waals surface area contributed by atoms with Gasteiger partial charge >= 0.3 is 5.97 Å². The number of carboxylic acid groups (broad SMARTS) is 1. The number of carboxylic acids is 1. The number of nitrogens with zero attached hydrogens (tertiary/aromatic N) is 3. The van der Waals surface area contributed by atoms with Crippen LogP contribution in [0.4, 0.5) is 0 Å². The van der Waals surface area contributed by atoms with Gasteiger partial charge in [-0.15, -0.1) is 0 Å². The van der Waals surface area contributed by atoms with E-state index in [-0.39, 0.29) is 6.54 Å². The van der Waals surface area contributed by atoms with Crippen LogP contribution in [0.25, 0.3) is 11.5 Å². The second-order valence-electron chi connectivity index (χ2n) is 4.45. The Kier molecular flexibility index (Phi) is 3.91. The molecule has 2 rings (SSSR count). The van der Waals surface area contributed by atoms with E-state index in [4.69, 9.17) is 9.63 Å². The first kappa shape index (κ1) is 13.2. The average Bonchev–Trinajstić information content (AvgIpc) is 2.77. The summed E-state index contributed by atoms with van der Waals surface area (Å²) in [4.78, 5) is 16.4. The monoisotopic (exact) mass is 261 g/mol. The highest BCUT2D eigenvalue weighted by Crippen LogP contribution is 2.17. The number of carbonyl (C=O) groups is 1. The fourth-order valence-corrected chi connectivity index (χ4v) is 1.66. The molecule has 1 heterocycles. The Bertz CT molecular complexity index is 563. The fourth-order valence-electron chi connectivity index (χ4n) is 1.66. The third-order valence-electron chi connectivity index (χ3n) is 2.58. The lowest BCUT2D eigenvalue weighted by Gasteiger charge is -2.09. The Balaban J connectivity index is 2.06. The van der Waals surface area contributed by atoms with E-state index < -0.39 is 5.97 Å². The number of likely N-dealkylation sites (N-methyl/N-ethyl adjacent to an activating group) is 1. The van der Waals surface area contributed by atoms with Crippen LogP contribution in [-0.2, 0) is 11.3 Å². The van der Waals surface area contributed by atoms with Crippen LogP contribution in [0.5, 0.6) is 0 Å². The van der Waals surface area contributed by atoms with E-state index in [1.807, 2.05) is 31.2 Å². The molecule has 0 aliphatic rings. The summed E-state index contributed by atoms with van der Waals surface area (Å²) in [6.07, 6.45) is 0. The first-order valence-electron chi connectivity index (χ1n) is 5.84. The topological polar surface area (TPSA) is 79.5 Å². The molecule has 0 amide bonds. The molecule has 0 saturated carbocycles. The van der Waals surface area contributed by atoms with E-state index in [1.165, 1.54) is 0 Å². The second-order valence-corrected chi connectivity index (χ2v) is 4.45. The lowest BCUT2D eigenvalue weighted by atomic mass is 10.1. The minimum absolute atomic E-state index is 0.0611. The van der Waals surface area contributed by atoms with Gasteiger partial charge in [-0.3, -0.25) is 9.69 Å². The summed E-state index contributed by atoms with van der Waals surface area (Å²) in [6, 6.07) is 7.76. The van der Waals surface area contributed by atoms with Crippen LogP contribution in [0.15, 0.2) is 28.8 Å². The molecule has 0 bridgehead atoms. The van der Waals surface area contributed by atoms with Gasteiger partial charge in [-0.05, 0) is 26.1 Å². The summed E-state index contributed by atoms with van der Waals surface area (Å²) in [6.45, 7) is 2.28. The molecule has 0 saturated heterocycles. The molecule has 19 heavy (non-hydrogen) atoms. The minimum Gasteiger partial charge on any atom is -0.480 e. The van der Waals surface area contributed by atoms with Crippen molar-refractivity contribution in [1.82, 2.24) is 15.0 Å². The van der Waals surface area contributed by atoms with Crippen LogP contribution in [0.2, 0.25) is 0 Å². The molecule has 2 aromatic rings. The Morgan fingerprint density at radius 2 is 2.05 bits per heavy atom. The van der Waals surface area contributed by atoms with Crippen molar-refractivity contribution in [2.24, 2.45) is 0 Å². The molecule has 1 aromatic heterocycles. The first-order chi connectivity index (χ1) is 9.04. The van der Waals surface area contributed by atoms with Crippen LogP contribution < -0.4 is 0 Å². The molecule has 0 atom stereocenters. The maximum atomic E-state index is 10.6. The molecule has 6 nitrogen and oxygen atoms in total. The summed E-state index contributed by atoms with van der Waals surface area (Å²) in [5.74, 6) is 0.0304. The maximum Gasteiger partial charge on any atom is 0.317 e. The van der Waals surface area contributed by atoms with Gasteiger partial charge < -0.3 is 9.63 Å². The van der Waals surface area contributed by atoms with Gasteiger partial charge in [0.1, 0.15) is 0 Å². The lowest BCUT2D eigenvalue weighted by Crippen LogP contribution is -2.25. The molecule has 0 aliphatic carbocycles. The highest BCUT2D eigenvalue weighted by molar-refractivity contribution is 5.69. The zero-order valence-corrected chi connectivity index (χ0v) is 10.8. The van der Waals surface area contributed by atoms with Crippen molar-refractivity contribution in [3.8, 4) is 11.5 Å². The number of aromatic nitrogens is 2. The summed E-state index contributed by atoms with van der Waals surface area (Å²) >= 11 is 0. The van der Waals surface area contributed by atoms with Crippen molar-refractivity contribution in [3.63, 3.8) is 0 Å². The number of aryl methyl sites for hydroxylation is 1. The first-order valence-corrected chi connectivity index (χ1v) is 5.84. The van der Waals surface area contributed by atoms with Crippen molar-refractivity contribution in [1.29, 1.82) is 0 Å². The van der Waals surface area contributed by atoms with E-state index >= 15 is 0 Å². The van der Waals surface area contributed by atoms with Gasteiger partial charge in [-0.25, -0.2) is 0 Å². The maximum absolute atomic E-state index is 10.6. The molecule has 1 aromatic carbocycles. The molecule has 0 unspecified atom stereocenters. The van der Waals surface area contributed by atoms with E-state index in [0.29, 0.717) is 18.3 Å². The van der Waals surface area contributed by atoms with E-state index in [9.17, 15) is 4.79 Å². The van der Waals surface area contributed by atoms with Gasteiger partial charge in [0.2, 0.25) is 0 Å². The normalized spacial score (nSPS) is 10.9. The highest BCUT2D eigenvalue weighted by atomic mass is 16.5. The Labute approximate surface area is 110 Å². The van der Waals surface area contributed by atoms with E-state index in [1.54, 1.807) is 11.9 Å². The molecule has 0 spiro atoms. The Morgan fingerprint density at radius 1 is 1.37 bits per heavy atom. The van der Waals surface area contributed by atoms with Crippen LogP contribution in [-0.4, -0.2) is 39.7 Å². The van der Waals surface area contributed by atoms with Crippen LogP contribution >= 0.6 is 0 Å². The smallest absolute Gasteiger partial charge is 0.317 e. The Hall–Kier alpha value is -2.21. The van der Waals surface area contributed by atoms with Crippen LogP contribution in [0, 0.1) is 6.92 Å². The quantitative estimate of drug-likeness (QED) is 0.879. The predicted octanol–water partition coefficient (Wildman–Crippen LogP) is 1.56. The lowest BCUT2D eigenvalue weighted by molar-refractivity contribution is -0.138. The fraction of sp³-hybridized carbons (Fsp3) is 0.308. The number of rotatable bonds is 5. The minimum atomic E-state index is -0.884. The SMILES string of the molecule is Cc1ccc(-c2nc(CN(C)CC(=O)O)no2)cc1. The van der Waals surface area contributed by atoms with Gasteiger partial charge in [0.25, 0.3) is 5.89 Å². The summed E-state index contributed by atoms with van der Waals surface area (Å²) < 4.78 is 5.16. The Morgan fingerprint density at radius 3 is 2.68 bits per heavy atom. The zero-order chi connectivity index (χ0) is 13.8. The molecule has 0 fully saturated rings. The number of hydrogen-bond donors (Lipinski definition) is 1. The average molecular weight is 261 g/mol. The molecular formula is C13H15N3O3. The van der Waals surface area contributed by atoms with Crippen LogP contribution in [0.3, 0.4) is 0 Å². The summed E-state index contributed by atoms with van der Waals surface area (Å²) in [5, 5.41) is 12.5. The van der Waals surface area contributed by atoms with Gasteiger partial charge in [0.05, 0.1) is 13.1 Å². The standard InChI is InChI=1S/C13H15N3O3/c1-9-3-5-10(6-4-9)13-14-11(15-19-13)7-16(2)8-12(17)18/h3-6H,7-8H2,1-2H3,(H,17,18). The van der Waals surface area contributed by atoms with Crippen molar-refractivity contribution >= 4 is 5.97 Å². The van der Waals surface area contributed by atoms with Crippen molar-refractivity contribution in [3.05, 3.63) is 35.7 Å². The van der Waals surface area contributed by atoms with Gasteiger partial charge in [0.15, 0.2) is 5.82 Å². The third kappa shape index (κ3) is 3.62. The molecule has 1 N–H and O–H groups in total. The molecule has 0 radical (unpaired) electrons. The largest absolute Gasteiger partial charge is 0.480 e. The number of aliphatic carboxylic acids is 1. The third-order valence-corrected chi connectivity index (χ3v) is 2.58. The number of benzene rings is 1. The molecule has 0 aliphatic heterocycles. The highest BCUT2D eigenvalue weighted by Gasteiger charge is 2.12. The van der Waals surface area contributed by atoms with Crippen molar-refractivity contribution in [2.45, 2.75) is 13.5 Å². The van der Waals surface area contributed by atoms with E-state index in [2.05, 4.69) is 10.1 Å². The number of hydrogen-bond acceptors (Lipinski definition) is 5. The van der Waals surface area contributed by atoms with Crippen molar-refractivity contribution in [2.75, 3.05) is 13.6 Å². The van der Waals surface area contributed by atoms with Gasteiger partial charge in [-0.1, -0.05) is 22.9 Å². The molecule has 100 valence electrons. The predicted molar refractivity (Wildman–Crippen MR) is 68.4 cm³/mol. The second kappa shape index (κ2) is 5.62. The molecule has 6 heteroatoms. The van der Waals surface area contributed by atoms with Gasteiger partial charge in [-0.2, -0.15) is 4.98 Å². The zero-order valence-electron chi connectivity index (χ0n) is 10.8. The summed E-state index contributed by atoms with van der Waals surface area (Å²) in [5.41, 5.74) is 2.01. The summed E-state index contributed by atoms with van der Waals surface area (Å²) in [7, 11) is 1.69. The van der Waals surface area contributed by atoms with Crippen molar-refractivity contribution < 1.29 is 14.4 Å². The molecular weight excluding hydrogens is 246 g/mol. The van der Waals surface area contributed by atoms with E-state index in [0.717, 1.165) is 11.1 Å². The van der Waals surface area contributed by atoms with Crippen LogP contribution in [0.1, 0.15) is 11.4 Å².